The number of hydrogen-bond acceptors (Lipinski definition) is 3. The second-order valence-electron chi connectivity index (χ2n) is 4.47. The second kappa shape index (κ2) is 6.22. The van der Waals surface area contributed by atoms with Crippen molar-refractivity contribution >= 4 is 35.4 Å². The topological polar surface area (TPSA) is 58.9 Å². The molecule has 110 valence electrons. The quantitative estimate of drug-likeness (QED) is 0.767. The van der Waals surface area contributed by atoms with Crippen molar-refractivity contribution in [3.05, 3.63) is 74.4 Å². The van der Waals surface area contributed by atoms with Gasteiger partial charge in [-0.15, -0.1) is 0 Å². The SMILES string of the molecule is O=c1nc(-c2ccco2)cc(/C=C/c2c(Cl)cccc2Cl)[nH]1. The molecule has 0 aliphatic rings. The number of nitrogens with one attached hydrogen (secondary N) is 1. The molecule has 0 amide bonds. The van der Waals surface area contributed by atoms with Gasteiger partial charge < -0.3 is 9.40 Å². The maximum atomic E-state index is 11.7. The summed E-state index contributed by atoms with van der Waals surface area (Å²) in [5, 5.41) is 1.07. The number of nitrogens with zero attached hydrogens (tertiary/aromatic N) is 1. The molecular weight excluding hydrogens is 323 g/mol. The van der Waals surface area contributed by atoms with Crippen LogP contribution in [0.1, 0.15) is 11.3 Å². The minimum Gasteiger partial charge on any atom is -0.463 e. The summed E-state index contributed by atoms with van der Waals surface area (Å²) in [5.41, 5.74) is 1.25. The largest absolute Gasteiger partial charge is 0.463 e. The molecule has 6 heteroatoms. The Bertz CT molecular complexity index is 863. The van der Waals surface area contributed by atoms with Gasteiger partial charge in [0, 0.05) is 21.3 Å². The molecule has 0 bridgehead atoms. The van der Waals surface area contributed by atoms with Crippen molar-refractivity contribution in [1.82, 2.24) is 9.97 Å². The highest BCUT2D eigenvalue weighted by molar-refractivity contribution is 6.37. The van der Waals surface area contributed by atoms with Gasteiger partial charge in [0.1, 0.15) is 5.69 Å². The maximum absolute atomic E-state index is 11.7. The zero-order valence-electron chi connectivity index (χ0n) is 11.2. The van der Waals surface area contributed by atoms with E-state index in [-0.39, 0.29) is 0 Å². The molecule has 1 aromatic carbocycles. The summed E-state index contributed by atoms with van der Waals surface area (Å²) in [7, 11) is 0. The lowest BCUT2D eigenvalue weighted by Gasteiger charge is -2.01. The molecule has 2 heterocycles. The molecular formula is C16H10Cl2N2O2. The van der Waals surface area contributed by atoms with Crippen molar-refractivity contribution in [2.45, 2.75) is 0 Å². The lowest BCUT2D eigenvalue weighted by molar-refractivity contribution is 0.579. The fourth-order valence-electron chi connectivity index (χ4n) is 1.96. The third-order valence-electron chi connectivity index (χ3n) is 2.97. The minimum atomic E-state index is -0.459. The Balaban J connectivity index is 1.99. The fourth-order valence-corrected chi connectivity index (χ4v) is 2.48. The van der Waals surface area contributed by atoms with Gasteiger partial charge in [0.25, 0.3) is 0 Å². The number of furan rings is 1. The Morgan fingerprint density at radius 3 is 2.55 bits per heavy atom. The van der Waals surface area contributed by atoms with Crippen LogP contribution in [0.15, 0.2) is 51.9 Å². The van der Waals surface area contributed by atoms with Crippen LogP contribution in [0.5, 0.6) is 0 Å². The van der Waals surface area contributed by atoms with E-state index in [1.54, 1.807) is 48.6 Å². The van der Waals surface area contributed by atoms with Gasteiger partial charge in [-0.2, -0.15) is 4.98 Å². The van der Waals surface area contributed by atoms with Crippen molar-refractivity contribution in [1.29, 1.82) is 0 Å². The number of aromatic amines is 1. The second-order valence-corrected chi connectivity index (χ2v) is 5.29. The zero-order chi connectivity index (χ0) is 15.5. The summed E-state index contributed by atoms with van der Waals surface area (Å²) < 4.78 is 5.25. The number of hydrogen-bond donors (Lipinski definition) is 1. The molecule has 0 spiro atoms. The van der Waals surface area contributed by atoms with Gasteiger partial charge in [-0.1, -0.05) is 29.3 Å². The third-order valence-corrected chi connectivity index (χ3v) is 3.63. The fraction of sp³-hybridized carbons (Fsp3) is 0. The van der Waals surface area contributed by atoms with Gasteiger partial charge in [-0.05, 0) is 42.5 Å². The molecule has 4 nitrogen and oxygen atoms in total. The van der Waals surface area contributed by atoms with Crippen LogP contribution in [0.25, 0.3) is 23.6 Å². The minimum absolute atomic E-state index is 0.457. The van der Waals surface area contributed by atoms with E-state index in [9.17, 15) is 4.79 Å². The van der Waals surface area contributed by atoms with Crippen LogP contribution in [-0.2, 0) is 0 Å². The van der Waals surface area contributed by atoms with Gasteiger partial charge in [-0.25, -0.2) is 4.79 Å². The molecule has 0 unspecified atom stereocenters. The van der Waals surface area contributed by atoms with E-state index in [4.69, 9.17) is 27.6 Å². The first-order valence-corrected chi connectivity index (χ1v) is 7.16. The molecule has 22 heavy (non-hydrogen) atoms. The molecule has 0 atom stereocenters. The molecule has 2 aromatic heterocycles. The van der Waals surface area contributed by atoms with E-state index in [0.29, 0.717) is 32.8 Å². The summed E-state index contributed by atoms with van der Waals surface area (Å²) in [6.07, 6.45) is 4.97. The lowest BCUT2D eigenvalue weighted by Crippen LogP contribution is -2.11. The van der Waals surface area contributed by atoms with Crippen LogP contribution in [0, 0.1) is 0 Å². The van der Waals surface area contributed by atoms with E-state index in [1.807, 2.05) is 0 Å². The first-order valence-electron chi connectivity index (χ1n) is 6.41. The molecule has 0 saturated carbocycles. The number of aromatic nitrogens is 2. The van der Waals surface area contributed by atoms with Gasteiger partial charge in [-0.3, -0.25) is 0 Å². The Hall–Kier alpha value is -2.30. The van der Waals surface area contributed by atoms with Crippen LogP contribution >= 0.6 is 23.2 Å². The average Bonchev–Trinajstić information content (AvgIpc) is 3.00. The Morgan fingerprint density at radius 2 is 1.86 bits per heavy atom. The Kier molecular flexibility index (Phi) is 4.13. The van der Waals surface area contributed by atoms with E-state index in [1.165, 1.54) is 6.26 Å². The molecule has 0 aliphatic carbocycles. The van der Waals surface area contributed by atoms with Crippen molar-refractivity contribution in [2.24, 2.45) is 0 Å². The number of rotatable bonds is 3. The molecule has 1 N–H and O–H groups in total. The molecule has 0 radical (unpaired) electrons. The van der Waals surface area contributed by atoms with Crippen molar-refractivity contribution < 1.29 is 4.42 Å². The highest BCUT2D eigenvalue weighted by Gasteiger charge is 2.05. The molecule has 0 fully saturated rings. The highest BCUT2D eigenvalue weighted by Crippen LogP contribution is 2.26. The monoisotopic (exact) mass is 332 g/mol. The first-order chi connectivity index (χ1) is 10.6. The van der Waals surface area contributed by atoms with Crippen LogP contribution in [0.2, 0.25) is 10.0 Å². The van der Waals surface area contributed by atoms with E-state index in [2.05, 4.69) is 9.97 Å². The first kappa shape index (κ1) is 14.6. The molecule has 0 aliphatic heterocycles. The Morgan fingerprint density at radius 1 is 1.09 bits per heavy atom. The van der Waals surface area contributed by atoms with Gasteiger partial charge in [0.2, 0.25) is 0 Å². The highest BCUT2D eigenvalue weighted by atomic mass is 35.5. The number of halogens is 2. The van der Waals surface area contributed by atoms with Crippen LogP contribution in [-0.4, -0.2) is 9.97 Å². The standard InChI is InChI=1S/C16H10Cl2N2O2/c17-12-3-1-4-13(18)11(12)7-6-10-9-14(20-16(21)19-10)15-5-2-8-22-15/h1-9H,(H,19,20,21)/b7-6+. The van der Waals surface area contributed by atoms with Crippen molar-refractivity contribution in [3.63, 3.8) is 0 Å². The van der Waals surface area contributed by atoms with Gasteiger partial charge >= 0.3 is 5.69 Å². The van der Waals surface area contributed by atoms with Crippen LogP contribution < -0.4 is 5.69 Å². The van der Waals surface area contributed by atoms with Gasteiger partial charge in [0.15, 0.2) is 5.76 Å². The van der Waals surface area contributed by atoms with Crippen molar-refractivity contribution in [2.75, 3.05) is 0 Å². The van der Waals surface area contributed by atoms with Crippen LogP contribution in [0.4, 0.5) is 0 Å². The summed E-state index contributed by atoms with van der Waals surface area (Å²) >= 11 is 12.2. The predicted octanol–water partition coefficient (Wildman–Crippen LogP) is 4.51. The summed E-state index contributed by atoms with van der Waals surface area (Å²) in [6.45, 7) is 0. The maximum Gasteiger partial charge on any atom is 0.346 e. The lowest BCUT2D eigenvalue weighted by atomic mass is 10.2. The van der Waals surface area contributed by atoms with Gasteiger partial charge in [0.05, 0.1) is 6.26 Å². The number of H-pyrrole nitrogens is 1. The van der Waals surface area contributed by atoms with Crippen LogP contribution in [0.3, 0.4) is 0 Å². The molecule has 3 aromatic rings. The molecule has 3 rings (SSSR count). The van der Waals surface area contributed by atoms with E-state index < -0.39 is 5.69 Å². The predicted molar refractivity (Wildman–Crippen MR) is 87.9 cm³/mol. The number of benzene rings is 1. The smallest absolute Gasteiger partial charge is 0.346 e. The molecule has 0 saturated heterocycles. The van der Waals surface area contributed by atoms with E-state index >= 15 is 0 Å². The summed E-state index contributed by atoms with van der Waals surface area (Å²) in [4.78, 5) is 18.2. The average molecular weight is 333 g/mol. The third kappa shape index (κ3) is 3.13. The zero-order valence-corrected chi connectivity index (χ0v) is 12.7. The summed E-state index contributed by atoms with van der Waals surface area (Å²) in [5.74, 6) is 0.525. The normalized spacial score (nSPS) is 11.2. The van der Waals surface area contributed by atoms with Crippen molar-refractivity contribution in [3.8, 4) is 11.5 Å². The summed E-state index contributed by atoms with van der Waals surface area (Å²) in [6, 6.07) is 10.4. The Labute approximate surface area is 136 Å². The van der Waals surface area contributed by atoms with E-state index in [0.717, 1.165) is 0 Å².